The molecule has 0 heterocycles. The molecular weight excluding hydrogens is 316 g/mol. The largest absolute Gasteiger partial charge is 0.462 e. The third-order valence-corrected chi connectivity index (χ3v) is 5.35. The third kappa shape index (κ3) is 8.05. The van der Waals surface area contributed by atoms with Gasteiger partial charge in [-0.3, -0.25) is 4.79 Å². The number of hydrogen-bond acceptors (Lipinski definition) is 3. The normalized spacial score (nSPS) is 11.9. The fourth-order valence-electron chi connectivity index (χ4n) is 2.89. The second-order valence-electron chi connectivity index (χ2n) is 6.84. The number of carbonyl (C=O) groups is 1. The molecule has 134 valence electrons. The van der Waals surface area contributed by atoms with Gasteiger partial charge >= 0.3 is 5.97 Å². The van der Waals surface area contributed by atoms with Crippen molar-refractivity contribution in [3.63, 3.8) is 0 Å². The average molecular weight is 349 g/mol. The second-order valence-corrected chi connectivity index (χ2v) is 7.87. The third-order valence-electron chi connectivity index (χ3n) is 3.88. The summed E-state index contributed by atoms with van der Waals surface area (Å²) in [6.07, 6.45) is 6.56. The van der Waals surface area contributed by atoms with Crippen molar-refractivity contribution in [3.8, 4) is 0 Å². The van der Waals surface area contributed by atoms with Crippen LogP contribution in [0.25, 0.3) is 0 Å². The predicted molar refractivity (Wildman–Crippen MR) is 105 cm³/mol. The van der Waals surface area contributed by atoms with Gasteiger partial charge in [-0.25, -0.2) is 0 Å². The summed E-state index contributed by atoms with van der Waals surface area (Å²) in [7, 11) is 0. The van der Waals surface area contributed by atoms with Crippen molar-refractivity contribution in [1.82, 2.24) is 0 Å². The molecule has 0 bridgehead atoms. The van der Waals surface area contributed by atoms with Crippen LogP contribution in [0.3, 0.4) is 0 Å². The maximum Gasteiger partial charge on any atom is 0.302 e. The zero-order valence-corrected chi connectivity index (χ0v) is 16.9. The molecule has 1 atom stereocenters. The second kappa shape index (κ2) is 10.6. The fraction of sp³-hybridized carbons (Fsp3) is 0.571. The minimum absolute atomic E-state index is 0.000642. The van der Waals surface area contributed by atoms with Crippen LogP contribution in [0.1, 0.15) is 63.1 Å². The van der Waals surface area contributed by atoms with Gasteiger partial charge in [0.2, 0.25) is 0 Å². The highest BCUT2D eigenvalue weighted by atomic mass is 32.2. The standard InChI is InChI=1S/C21H32O2S/c1-15(2)10-8-7-9-11-20(23-19(6)22)14-24-21-17(4)12-16(3)13-18(21)5/h10,12-13,20H,7-9,11,14H2,1-6H3. The molecule has 1 aromatic carbocycles. The van der Waals surface area contributed by atoms with Gasteiger partial charge in [-0.15, -0.1) is 11.8 Å². The van der Waals surface area contributed by atoms with Gasteiger partial charge in [-0.1, -0.05) is 29.3 Å². The minimum Gasteiger partial charge on any atom is -0.462 e. The monoisotopic (exact) mass is 348 g/mol. The van der Waals surface area contributed by atoms with E-state index in [9.17, 15) is 4.79 Å². The van der Waals surface area contributed by atoms with E-state index in [2.05, 4.69) is 52.8 Å². The van der Waals surface area contributed by atoms with Crippen LogP contribution in [0.2, 0.25) is 0 Å². The van der Waals surface area contributed by atoms with E-state index in [1.165, 1.54) is 34.1 Å². The summed E-state index contributed by atoms with van der Waals surface area (Å²) < 4.78 is 5.53. The van der Waals surface area contributed by atoms with Gasteiger partial charge in [-0.05, 0) is 71.4 Å². The number of unbranched alkanes of at least 4 members (excludes halogenated alkanes) is 2. The summed E-state index contributed by atoms with van der Waals surface area (Å²) in [4.78, 5) is 12.7. The molecule has 0 N–H and O–H groups in total. The SMILES string of the molecule is CC(=O)OC(CCCCC=C(C)C)CSc1c(C)cc(C)cc1C. The van der Waals surface area contributed by atoms with Gasteiger partial charge in [0, 0.05) is 17.6 Å². The lowest BCUT2D eigenvalue weighted by Crippen LogP contribution is -2.19. The summed E-state index contributed by atoms with van der Waals surface area (Å²) in [5.41, 5.74) is 5.28. The molecule has 1 unspecified atom stereocenters. The van der Waals surface area contributed by atoms with E-state index in [1.54, 1.807) is 0 Å². The van der Waals surface area contributed by atoms with Gasteiger partial charge in [0.15, 0.2) is 0 Å². The highest BCUT2D eigenvalue weighted by Crippen LogP contribution is 2.29. The maximum atomic E-state index is 11.4. The number of aryl methyl sites for hydroxylation is 3. The van der Waals surface area contributed by atoms with Crippen LogP contribution in [0, 0.1) is 20.8 Å². The predicted octanol–water partition coefficient (Wildman–Crippen LogP) is 6.16. The Morgan fingerprint density at radius 3 is 2.29 bits per heavy atom. The first kappa shape index (κ1) is 20.8. The number of hydrogen-bond donors (Lipinski definition) is 0. The smallest absolute Gasteiger partial charge is 0.302 e. The molecule has 0 aromatic heterocycles. The Labute approximate surface area is 152 Å². The average Bonchev–Trinajstić information content (AvgIpc) is 2.44. The van der Waals surface area contributed by atoms with Crippen LogP contribution in [0.5, 0.6) is 0 Å². The number of esters is 1. The number of benzene rings is 1. The van der Waals surface area contributed by atoms with Crippen LogP contribution < -0.4 is 0 Å². The molecule has 0 aliphatic carbocycles. The first-order valence-electron chi connectivity index (χ1n) is 8.80. The Bertz CT molecular complexity index is 548. The van der Waals surface area contributed by atoms with E-state index in [-0.39, 0.29) is 12.1 Å². The number of ether oxygens (including phenoxy) is 1. The molecule has 0 radical (unpaired) electrons. The molecule has 24 heavy (non-hydrogen) atoms. The number of rotatable bonds is 9. The molecule has 3 heteroatoms. The van der Waals surface area contributed by atoms with E-state index < -0.39 is 0 Å². The maximum absolute atomic E-state index is 11.4. The van der Waals surface area contributed by atoms with Crippen LogP contribution in [0.4, 0.5) is 0 Å². The zero-order valence-electron chi connectivity index (χ0n) is 16.1. The topological polar surface area (TPSA) is 26.3 Å². The van der Waals surface area contributed by atoms with Crippen LogP contribution in [-0.4, -0.2) is 17.8 Å². The first-order chi connectivity index (χ1) is 11.3. The number of thioether (sulfide) groups is 1. The zero-order chi connectivity index (χ0) is 18.1. The molecule has 1 aromatic rings. The molecule has 0 fully saturated rings. The van der Waals surface area contributed by atoms with E-state index in [4.69, 9.17) is 4.74 Å². The Morgan fingerprint density at radius 2 is 1.75 bits per heavy atom. The van der Waals surface area contributed by atoms with Crippen LogP contribution in [-0.2, 0) is 9.53 Å². The highest BCUT2D eigenvalue weighted by Gasteiger charge is 2.14. The molecule has 0 saturated heterocycles. The van der Waals surface area contributed by atoms with Crippen molar-refractivity contribution >= 4 is 17.7 Å². The number of carbonyl (C=O) groups excluding carboxylic acids is 1. The molecule has 0 saturated carbocycles. The van der Waals surface area contributed by atoms with Crippen molar-refractivity contribution in [2.24, 2.45) is 0 Å². The van der Waals surface area contributed by atoms with Crippen molar-refractivity contribution in [2.45, 2.75) is 78.2 Å². The lowest BCUT2D eigenvalue weighted by Gasteiger charge is -2.18. The Hall–Kier alpha value is -1.22. The van der Waals surface area contributed by atoms with Crippen molar-refractivity contribution in [3.05, 3.63) is 40.5 Å². The quantitative estimate of drug-likeness (QED) is 0.231. The van der Waals surface area contributed by atoms with Crippen molar-refractivity contribution < 1.29 is 9.53 Å². The molecular formula is C21H32O2S. The molecule has 0 aliphatic heterocycles. The lowest BCUT2D eigenvalue weighted by atomic mass is 10.1. The van der Waals surface area contributed by atoms with E-state index >= 15 is 0 Å². The van der Waals surface area contributed by atoms with E-state index in [1.807, 2.05) is 11.8 Å². The summed E-state index contributed by atoms with van der Waals surface area (Å²) in [5, 5.41) is 0. The molecule has 2 nitrogen and oxygen atoms in total. The summed E-state index contributed by atoms with van der Waals surface area (Å²) in [5.74, 6) is 0.648. The van der Waals surface area contributed by atoms with Gasteiger partial charge in [0.1, 0.15) is 6.10 Å². The fourth-order valence-corrected chi connectivity index (χ4v) is 4.05. The summed E-state index contributed by atoms with van der Waals surface area (Å²) in [6.45, 7) is 12.2. The van der Waals surface area contributed by atoms with Gasteiger partial charge in [-0.2, -0.15) is 0 Å². The molecule has 1 rings (SSSR count). The van der Waals surface area contributed by atoms with Gasteiger partial charge in [0.05, 0.1) is 0 Å². The van der Waals surface area contributed by atoms with Crippen molar-refractivity contribution in [1.29, 1.82) is 0 Å². The van der Waals surface area contributed by atoms with Crippen molar-refractivity contribution in [2.75, 3.05) is 5.75 Å². The van der Waals surface area contributed by atoms with Gasteiger partial charge in [0.25, 0.3) is 0 Å². The number of allylic oxidation sites excluding steroid dienone is 2. The molecule has 0 aliphatic rings. The van der Waals surface area contributed by atoms with E-state index in [0.29, 0.717) is 0 Å². The van der Waals surface area contributed by atoms with Crippen LogP contribution in [0.15, 0.2) is 28.7 Å². The minimum atomic E-state index is -0.178. The molecule has 0 spiro atoms. The highest BCUT2D eigenvalue weighted by molar-refractivity contribution is 7.99. The first-order valence-corrected chi connectivity index (χ1v) is 9.79. The molecule has 0 amide bonds. The Balaban J connectivity index is 2.57. The van der Waals surface area contributed by atoms with Gasteiger partial charge < -0.3 is 4.74 Å². The van der Waals surface area contributed by atoms with E-state index in [0.717, 1.165) is 31.4 Å². The summed E-state index contributed by atoms with van der Waals surface area (Å²) in [6, 6.07) is 4.44. The van der Waals surface area contributed by atoms with Crippen LogP contribution >= 0.6 is 11.8 Å². The Kier molecular flexibility index (Phi) is 9.20. The lowest BCUT2D eigenvalue weighted by molar-refractivity contribution is -0.145. The summed E-state index contributed by atoms with van der Waals surface area (Å²) >= 11 is 1.81. The Morgan fingerprint density at radius 1 is 1.12 bits per heavy atom.